The van der Waals surface area contributed by atoms with Crippen LogP contribution in [0.2, 0.25) is 5.02 Å². The fraction of sp³-hybridized carbons (Fsp3) is 0. The summed E-state index contributed by atoms with van der Waals surface area (Å²) in [5.74, 6) is -0.484. The van der Waals surface area contributed by atoms with Crippen molar-refractivity contribution in [2.75, 3.05) is 0 Å². The molecule has 1 aliphatic rings. The first-order chi connectivity index (χ1) is 14.4. The van der Waals surface area contributed by atoms with Crippen LogP contribution in [0.4, 0.5) is 0 Å². The van der Waals surface area contributed by atoms with E-state index in [1.807, 2.05) is 0 Å². The van der Waals surface area contributed by atoms with E-state index in [4.69, 9.17) is 20.5 Å². The molecule has 0 atom stereocenters. The van der Waals surface area contributed by atoms with Crippen molar-refractivity contribution in [3.63, 3.8) is 0 Å². The van der Waals surface area contributed by atoms with E-state index in [-0.39, 0.29) is 22.2 Å². The summed E-state index contributed by atoms with van der Waals surface area (Å²) in [5, 5.41) is 0.480. The van der Waals surface area contributed by atoms with Gasteiger partial charge in [0.25, 0.3) is 0 Å². The van der Waals surface area contributed by atoms with E-state index >= 15 is 0 Å². The summed E-state index contributed by atoms with van der Waals surface area (Å²) in [4.78, 5) is 16.5. The number of aliphatic imine (C=N–C) groups is 1. The lowest BCUT2D eigenvalue weighted by atomic mass is 10.1. The average Bonchev–Trinajstić information content (AvgIpc) is 3.10. The zero-order chi connectivity index (χ0) is 21.1. The van der Waals surface area contributed by atoms with Gasteiger partial charge in [-0.1, -0.05) is 54.1 Å². The Labute approximate surface area is 178 Å². The molecular weight excluding hydrogens is 426 g/mol. The minimum absolute atomic E-state index is 0.0122. The van der Waals surface area contributed by atoms with Gasteiger partial charge in [-0.2, -0.15) is 8.42 Å². The first-order valence-corrected chi connectivity index (χ1v) is 10.6. The molecular formula is C22H14ClNO5S. The number of carbonyl (C=O) groups is 1. The van der Waals surface area contributed by atoms with E-state index in [0.29, 0.717) is 16.1 Å². The molecule has 0 aromatic heterocycles. The summed E-state index contributed by atoms with van der Waals surface area (Å²) in [5.41, 5.74) is 0.925. The van der Waals surface area contributed by atoms with Crippen LogP contribution in [0.5, 0.6) is 5.75 Å². The molecule has 8 heteroatoms. The molecule has 0 unspecified atom stereocenters. The van der Waals surface area contributed by atoms with Gasteiger partial charge in [-0.05, 0) is 42.5 Å². The molecule has 1 aliphatic heterocycles. The van der Waals surface area contributed by atoms with Gasteiger partial charge in [0, 0.05) is 16.1 Å². The normalized spacial score (nSPS) is 15.0. The monoisotopic (exact) mass is 439 g/mol. The van der Waals surface area contributed by atoms with E-state index in [1.54, 1.807) is 60.7 Å². The van der Waals surface area contributed by atoms with Gasteiger partial charge in [0.15, 0.2) is 5.70 Å². The van der Waals surface area contributed by atoms with Gasteiger partial charge >= 0.3 is 16.1 Å². The largest absolute Gasteiger partial charge is 0.402 e. The van der Waals surface area contributed by atoms with Crippen molar-refractivity contribution in [2.45, 2.75) is 4.90 Å². The Morgan fingerprint density at radius 2 is 1.67 bits per heavy atom. The van der Waals surface area contributed by atoms with Crippen molar-refractivity contribution >= 4 is 39.7 Å². The zero-order valence-electron chi connectivity index (χ0n) is 15.4. The predicted octanol–water partition coefficient (Wildman–Crippen LogP) is 4.45. The molecule has 150 valence electrons. The van der Waals surface area contributed by atoms with E-state index in [9.17, 15) is 13.2 Å². The Kier molecular flexibility index (Phi) is 5.39. The molecule has 0 fully saturated rings. The van der Waals surface area contributed by atoms with Crippen LogP contribution >= 0.6 is 11.6 Å². The van der Waals surface area contributed by atoms with Gasteiger partial charge in [0.2, 0.25) is 5.90 Å². The summed E-state index contributed by atoms with van der Waals surface area (Å²) in [6.07, 6.45) is 1.41. The fourth-order valence-corrected chi connectivity index (χ4v) is 3.90. The van der Waals surface area contributed by atoms with Gasteiger partial charge in [0.1, 0.15) is 10.6 Å². The van der Waals surface area contributed by atoms with Crippen LogP contribution in [-0.4, -0.2) is 20.3 Å². The lowest BCUT2D eigenvalue weighted by Crippen LogP contribution is -2.10. The highest BCUT2D eigenvalue weighted by molar-refractivity contribution is 7.87. The molecule has 0 aliphatic carbocycles. The maximum absolute atomic E-state index is 12.5. The molecule has 30 heavy (non-hydrogen) atoms. The van der Waals surface area contributed by atoms with Gasteiger partial charge < -0.3 is 8.92 Å². The lowest BCUT2D eigenvalue weighted by Gasteiger charge is -2.09. The number of cyclic esters (lactones) is 1. The minimum Gasteiger partial charge on any atom is -0.402 e. The van der Waals surface area contributed by atoms with Gasteiger partial charge in [-0.15, -0.1) is 0 Å². The number of esters is 1. The number of hydrogen-bond donors (Lipinski definition) is 0. The van der Waals surface area contributed by atoms with E-state index in [0.717, 1.165) is 0 Å². The second kappa shape index (κ2) is 8.14. The van der Waals surface area contributed by atoms with E-state index in [2.05, 4.69) is 4.99 Å². The van der Waals surface area contributed by atoms with Crippen LogP contribution in [0.15, 0.2) is 94.4 Å². The Morgan fingerprint density at radius 3 is 2.43 bits per heavy atom. The third kappa shape index (κ3) is 4.27. The first kappa shape index (κ1) is 19.9. The Balaban J connectivity index is 1.67. The molecule has 3 aromatic rings. The number of nitrogens with zero attached hydrogens (tertiary/aromatic N) is 1. The maximum Gasteiger partial charge on any atom is 0.363 e. The molecule has 0 bridgehead atoms. The van der Waals surface area contributed by atoms with Crippen molar-refractivity contribution in [3.8, 4) is 5.75 Å². The molecule has 6 nitrogen and oxygen atoms in total. The van der Waals surface area contributed by atoms with E-state index < -0.39 is 16.1 Å². The molecule has 4 rings (SSSR count). The smallest absolute Gasteiger partial charge is 0.363 e. The third-order valence-electron chi connectivity index (χ3n) is 4.13. The first-order valence-electron chi connectivity index (χ1n) is 8.79. The average molecular weight is 440 g/mol. The van der Waals surface area contributed by atoms with Crippen LogP contribution in [0.25, 0.3) is 6.08 Å². The fourth-order valence-electron chi connectivity index (χ4n) is 2.73. The Morgan fingerprint density at radius 1 is 0.933 bits per heavy atom. The number of para-hydroxylation sites is 1. The highest BCUT2D eigenvalue weighted by Gasteiger charge is 2.25. The number of ether oxygens (including phenoxy) is 1. The van der Waals surface area contributed by atoms with Crippen molar-refractivity contribution in [1.82, 2.24) is 0 Å². The molecule has 0 N–H and O–H groups in total. The summed E-state index contributed by atoms with van der Waals surface area (Å²) >= 11 is 5.98. The van der Waals surface area contributed by atoms with Crippen molar-refractivity contribution in [3.05, 3.63) is 101 Å². The Bertz CT molecular complexity index is 1280. The van der Waals surface area contributed by atoms with Gasteiger partial charge in [-0.25, -0.2) is 9.79 Å². The van der Waals surface area contributed by atoms with Crippen molar-refractivity contribution in [2.24, 2.45) is 4.99 Å². The standard InChI is InChI=1S/C22H14ClNO5S/c23-17-9-6-8-16(13-17)21-24-19(22(25)28-21)14-15-7-4-5-12-20(15)29-30(26,27)18-10-2-1-3-11-18/h1-14H/b19-14-. The SMILES string of the molecule is O=C1OC(c2cccc(Cl)c2)=N/C1=C\c1ccccc1OS(=O)(=O)c1ccccc1. The molecule has 0 spiro atoms. The summed E-state index contributed by atoms with van der Waals surface area (Å²) in [7, 11) is -4.04. The quantitative estimate of drug-likeness (QED) is 0.333. The minimum atomic E-state index is -4.04. The number of halogens is 1. The van der Waals surface area contributed by atoms with Crippen LogP contribution in [0, 0.1) is 0 Å². The third-order valence-corrected chi connectivity index (χ3v) is 5.62. The number of carbonyl (C=O) groups excluding carboxylic acids is 1. The second-order valence-electron chi connectivity index (χ2n) is 6.23. The van der Waals surface area contributed by atoms with E-state index in [1.165, 1.54) is 24.3 Å². The zero-order valence-corrected chi connectivity index (χ0v) is 16.9. The molecule has 3 aromatic carbocycles. The van der Waals surface area contributed by atoms with Gasteiger partial charge in [0.05, 0.1) is 0 Å². The van der Waals surface area contributed by atoms with Crippen LogP contribution in [-0.2, 0) is 19.6 Å². The number of rotatable bonds is 5. The molecule has 0 saturated carbocycles. The maximum atomic E-state index is 12.5. The molecule has 0 saturated heterocycles. The molecule has 1 heterocycles. The van der Waals surface area contributed by atoms with Crippen molar-refractivity contribution < 1.29 is 22.1 Å². The van der Waals surface area contributed by atoms with Crippen molar-refractivity contribution in [1.29, 1.82) is 0 Å². The Hall–Kier alpha value is -3.42. The number of hydrogen-bond acceptors (Lipinski definition) is 6. The summed E-state index contributed by atoms with van der Waals surface area (Å²) in [6, 6.07) is 21.0. The van der Waals surface area contributed by atoms with Crippen LogP contribution in [0.1, 0.15) is 11.1 Å². The predicted molar refractivity (Wildman–Crippen MR) is 113 cm³/mol. The number of benzene rings is 3. The topological polar surface area (TPSA) is 82.0 Å². The van der Waals surface area contributed by atoms with Gasteiger partial charge in [-0.3, -0.25) is 0 Å². The van der Waals surface area contributed by atoms with Crippen LogP contribution in [0.3, 0.4) is 0 Å². The van der Waals surface area contributed by atoms with Crippen LogP contribution < -0.4 is 4.18 Å². The second-order valence-corrected chi connectivity index (χ2v) is 8.22. The summed E-state index contributed by atoms with van der Waals surface area (Å²) in [6.45, 7) is 0. The lowest BCUT2D eigenvalue weighted by molar-refractivity contribution is -0.129. The summed E-state index contributed by atoms with van der Waals surface area (Å²) < 4.78 is 35.6. The molecule has 0 radical (unpaired) electrons. The highest BCUT2D eigenvalue weighted by atomic mass is 35.5. The highest BCUT2D eigenvalue weighted by Crippen LogP contribution is 2.27. The molecule has 0 amide bonds.